The Morgan fingerprint density at radius 1 is 0.452 bits per heavy atom. The quantitative estimate of drug-likeness (QED) is 0.245. The van der Waals surface area contributed by atoms with E-state index in [1.54, 1.807) is 0 Å². The molecule has 7 rings (SSSR count). The van der Waals surface area contributed by atoms with Gasteiger partial charge < -0.3 is 0 Å². The summed E-state index contributed by atoms with van der Waals surface area (Å²) in [6.07, 6.45) is 0. The van der Waals surface area contributed by atoms with Crippen LogP contribution in [0.15, 0.2) is 84.9 Å². The van der Waals surface area contributed by atoms with Crippen LogP contribution in [0, 0.1) is 0 Å². The summed E-state index contributed by atoms with van der Waals surface area (Å²) < 4.78 is 8.27. The molecule has 0 aliphatic rings. The molecule has 0 N–H and O–H groups in total. The van der Waals surface area contributed by atoms with Crippen molar-refractivity contribution in [2.45, 2.75) is 0 Å². The van der Waals surface area contributed by atoms with Gasteiger partial charge in [-0.3, -0.25) is 0 Å². The average molecular weight is 591 g/mol. The van der Waals surface area contributed by atoms with Crippen molar-refractivity contribution in [1.82, 2.24) is 9.97 Å². The SMILES string of the molecule is c1ccc(-c2nc3cc4[se]c5cc6nc(-c7ccccc7)[se]c6cc5c4cc3[se]2)cc1. The zero-order valence-corrected chi connectivity index (χ0v) is 21.3. The summed E-state index contributed by atoms with van der Waals surface area (Å²) in [6, 6.07) is 30.8. The summed E-state index contributed by atoms with van der Waals surface area (Å²) in [5.41, 5.74) is 4.90. The number of benzene rings is 4. The van der Waals surface area contributed by atoms with Gasteiger partial charge in [-0.2, -0.15) is 0 Å². The Morgan fingerprint density at radius 3 is 1.35 bits per heavy atom. The van der Waals surface area contributed by atoms with Gasteiger partial charge in [0, 0.05) is 0 Å². The zero-order chi connectivity index (χ0) is 20.4. The standard InChI is InChI=1S/C26H14N2Se3/c1-3-7-15(8-4-1)25-27-19-13-21-17(11-23(19)30-25)18-12-24-20(14-22(18)29-21)28-26(31-24)16-9-5-2-6-10-16/h1-14H. The Morgan fingerprint density at radius 2 is 0.903 bits per heavy atom. The van der Waals surface area contributed by atoms with E-state index in [0.29, 0.717) is 14.5 Å². The second kappa shape index (κ2) is 7.15. The molecule has 3 heterocycles. The topological polar surface area (TPSA) is 25.8 Å². The third-order valence-electron chi connectivity index (χ3n) is 5.53. The van der Waals surface area contributed by atoms with Crippen molar-refractivity contribution >= 4 is 82.4 Å². The fourth-order valence-electron chi connectivity index (χ4n) is 4.03. The van der Waals surface area contributed by atoms with Crippen LogP contribution >= 0.6 is 0 Å². The van der Waals surface area contributed by atoms with Gasteiger partial charge in [0.15, 0.2) is 0 Å². The molecular formula is C26H14N2Se3. The number of fused-ring (bicyclic) bond motifs is 5. The van der Waals surface area contributed by atoms with Crippen molar-refractivity contribution in [2.24, 2.45) is 0 Å². The van der Waals surface area contributed by atoms with E-state index in [1.807, 2.05) is 0 Å². The molecule has 2 nitrogen and oxygen atoms in total. The van der Waals surface area contributed by atoms with E-state index < -0.39 is 0 Å². The first-order chi connectivity index (χ1) is 15.3. The predicted molar refractivity (Wildman–Crippen MR) is 134 cm³/mol. The van der Waals surface area contributed by atoms with Crippen molar-refractivity contribution in [3.8, 4) is 20.3 Å². The molecule has 0 fully saturated rings. The third-order valence-corrected chi connectivity index (χ3v) is 12.3. The van der Waals surface area contributed by atoms with Gasteiger partial charge >= 0.3 is 198 Å². The Kier molecular flexibility index (Phi) is 4.24. The molecule has 0 aliphatic heterocycles. The molecule has 0 saturated heterocycles. The first-order valence-electron chi connectivity index (χ1n) is 10.00. The van der Waals surface area contributed by atoms with Crippen molar-refractivity contribution in [1.29, 1.82) is 0 Å². The Balaban J connectivity index is 1.42. The molecule has 0 unspecified atom stereocenters. The van der Waals surface area contributed by atoms with E-state index >= 15 is 0 Å². The maximum absolute atomic E-state index is 5.00. The van der Waals surface area contributed by atoms with Crippen LogP contribution in [0.1, 0.15) is 0 Å². The van der Waals surface area contributed by atoms with Crippen LogP contribution in [0.3, 0.4) is 0 Å². The van der Waals surface area contributed by atoms with Gasteiger partial charge in [0.1, 0.15) is 0 Å². The van der Waals surface area contributed by atoms with Crippen molar-refractivity contribution in [2.75, 3.05) is 0 Å². The van der Waals surface area contributed by atoms with Gasteiger partial charge in [0.25, 0.3) is 0 Å². The zero-order valence-electron chi connectivity index (χ0n) is 16.2. The van der Waals surface area contributed by atoms with Gasteiger partial charge in [-0.1, -0.05) is 0 Å². The summed E-state index contributed by atoms with van der Waals surface area (Å²) in [5, 5.41) is 2.87. The van der Waals surface area contributed by atoms with Crippen LogP contribution in [0.2, 0.25) is 0 Å². The van der Waals surface area contributed by atoms with E-state index in [1.165, 1.54) is 59.1 Å². The molecule has 146 valence electrons. The van der Waals surface area contributed by atoms with Gasteiger partial charge in [0.2, 0.25) is 0 Å². The van der Waals surface area contributed by atoms with Gasteiger partial charge in [-0.15, -0.1) is 0 Å². The van der Waals surface area contributed by atoms with Gasteiger partial charge in [0.05, 0.1) is 0 Å². The Labute approximate surface area is 196 Å². The van der Waals surface area contributed by atoms with Crippen LogP contribution in [0.5, 0.6) is 0 Å². The first-order valence-corrected chi connectivity index (χ1v) is 15.1. The van der Waals surface area contributed by atoms with Crippen LogP contribution in [-0.4, -0.2) is 53.5 Å². The molecule has 0 aliphatic carbocycles. The minimum absolute atomic E-state index is 0.270. The van der Waals surface area contributed by atoms with E-state index in [2.05, 4.69) is 84.9 Å². The minimum atomic E-state index is 0.270. The Bertz CT molecular complexity index is 1600. The van der Waals surface area contributed by atoms with E-state index in [0.717, 1.165) is 0 Å². The molecule has 0 radical (unpaired) electrons. The number of rotatable bonds is 2. The summed E-state index contributed by atoms with van der Waals surface area (Å²) in [4.78, 5) is 10.0. The van der Waals surface area contributed by atoms with E-state index in [-0.39, 0.29) is 29.0 Å². The van der Waals surface area contributed by atoms with Crippen molar-refractivity contribution in [3.05, 3.63) is 84.9 Å². The average Bonchev–Trinajstić information content (AvgIpc) is 3.51. The molecule has 0 bridgehead atoms. The summed E-state index contributed by atoms with van der Waals surface area (Å²) in [5.74, 6) is 0. The molecule has 3 aromatic heterocycles. The normalized spacial score (nSPS) is 11.9. The summed E-state index contributed by atoms with van der Waals surface area (Å²) in [7, 11) is 0. The number of aromatic nitrogens is 2. The maximum atomic E-state index is 5.00. The van der Waals surface area contributed by atoms with Crippen LogP contribution < -0.4 is 0 Å². The monoisotopic (exact) mass is 594 g/mol. The molecule has 0 amide bonds. The Hall–Kier alpha value is -2.22. The summed E-state index contributed by atoms with van der Waals surface area (Å²) in [6.45, 7) is 0. The van der Waals surface area contributed by atoms with Gasteiger partial charge in [-0.25, -0.2) is 0 Å². The third kappa shape index (κ3) is 3.05. The molecule has 7 aromatic rings. The second-order valence-corrected chi connectivity index (χ2v) is 14.1. The number of hydrogen-bond acceptors (Lipinski definition) is 2. The molecule has 0 spiro atoms. The van der Waals surface area contributed by atoms with Gasteiger partial charge in [-0.05, 0) is 0 Å². The number of nitrogens with zero attached hydrogens (tertiary/aromatic N) is 2. The predicted octanol–water partition coefficient (Wildman–Crippen LogP) is 5.59. The van der Waals surface area contributed by atoms with Crippen molar-refractivity contribution < 1.29 is 0 Å². The fourth-order valence-corrected chi connectivity index (χ4v) is 10.6. The van der Waals surface area contributed by atoms with Crippen LogP contribution in [0.25, 0.3) is 59.1 Å². The van der Waals surface area contributed by atoms with Crippen molar-refractivity contribution in [3.63, 3.8) is 0 Å². The molecule has 4 aromatic carbocycles. The molecular weight excluding hydrogens is 577 g/mol. The molecule has 0 atom stereocenters. The molecule has 0 saturated carbocycles. The molecule has 5 heteroatoms. The molecule has 31 heavy (non-hydrogen) atoms. The number of hydrogen-bond donors (Lipinski definition) is 0. The van der Waals surface area contributed by atoms with E-state index in [4.69, 9.17) is 9.97 Å². The van der Waals surface area contributed by atoms with Crippen LogP contribution in [0.4, 0.5) is 0 Å². The second-order valence-electron chi connectivity index (χ2n) is 7.50. The summed E-state index contributed by atoms with van der Waals surface area (Å²) >= 11 is 0.863. The van der Waals surface area contributed by atoms with E-state index in [9.17, 15) is 0 Å². The first kappa shape index (κ1) is 18.4. The fraction of sp³-hybridized carbons (Fsp3) is 0. The van der Waals surface area contributed by atoms with Crippen LogP contribution in [-0.2, 0) is 0 Å².